The Morgan fingerprint density at radius 1 is 1.43 bits per heavy atom. The number of amides is 1. The summed E-state index contributed by atoms with van der Waals surface area (Å²) in [6.45, 7) is 9.00. The normalized spacial score (nSPS) is 22.5. The van der Waals surface area contributed by atoms with Crippen molar-refractivity contribution >= 4 is 17.2 Å². The largest absolute Gasteiger partial charge is 0.378 e. The van der Waals surface area contributed by atoms with Crippen LogP contribution in [0, 0.1) is 19.8 Å². The van der Waals surface area contributed by atoms with Crippen LogP contribution in [0.2, 0.25) is 0 Å². The summed E-state index contributed by atoms with van der Waals surface area (Å²) in [5, 5.41) is 4.12. The topological polar surface area (TPSA) is 51.2 Å². The van der Waals surface area contributed by atoms with E-state index in [1.54, 1.807) is 0 Å². The summed E-state index contributed by atoms with van der Waals surface area (Å²) < 4.78 is 5.91. The van der Waals surface area contributed by atoms with Crippen molar-refractivity contribution in [2.24, 2.45) is 5.92 Å². The maximum atomic E-state index is 12.4. The molecule has 1 fully saturated rings. The van der Waals surface area contributed by atoms with Gasteiger partial charge in [-0.15, -0.1) is 11.3 Å². The first kappa shape index (κ1) is 16.4. The number of carbonyl (C=O) groups is 1. The molecule has 0 bridgehead atoms. The average molecular weight is 310 g/mol. The fourth-order valence-corrected chi connectivity index (χ4v) is 3.92. The molecule has 2 rings (SSSR count). The number of rotatable bonds is 5. The van der Waals surface area contributed by atoms with E-state index >= 15 is 0 Å². The molecule has 1 aliphatic heterocycles. The van der Waals surface area contributed by atoms with E-state index in [0.29, 0.717) is 5.92 Å². The van der Waals surface area contributed by atoms with Crippen LogP contribution < -0.4 is 5.32 Å². The van der Waals surface area contributed by atoms with E-state index in [1.165, 1.54) is 11.3 Å². The molecule has 0 unspecified atom stereocenters. The third-order valence-corrected chi connectivity index (χ3v) is 5.41. The minimum atomic E-state index is 0.0216. The zero-order valence-corrected chi connectivity index (χ0v) is 14.3. The van der Waals surface area contributed by atoms with Crippen LogP contribution in [0.5, 0.6) is 0 Å². The average Bonchev–Trinajstić information content (AvgIpc) is 2.80. The summed E-state index contributed by atoms with van der Waals surface area (Å²) in [6.07, 6.45) is 4.38. The van der Waals surface area contributed by atoms with Gasteiger partial charge < -0.3 is 10.1 Å². The number of ether oxygens (including phenoxy) is 1. The lowest BCUT2D eigenvalue weighted by Crippen LogP contribution is -2.44. The van der Waals surface area contributed by atoms with E-state index in [2.05, 4.69) is 24.1 Å². The Labute approximate surface area is 131 Å². The monoisotopic (exact) mass is 310 g/mol. The Morgan fingerprint density at radius 3 is 2.71 bits per heavy atom. The highest BCUT2D eigenvalue weighted by Gasteiger charge is 2.29. The highest BCUT2D eigenvalue weighted by Crippen LogP contribution is 2.26. The maximum absolute atomic E-state index is 12.4. The van der Waals surface area contributed by atoms with Crippen LogP contribution >= 0.6 is 11.3 Å². The van der Waals surface area contributed by atoms with E-state index in [1.807, 2.05) is 13.8 Å². The quantitative estimate of drug-likeness (QED) is 0.906. The molecule has 0 spiro atoms. The first-order valence-electron chi connectivity index (χ1n) is 7.91. The lowest BCUT2D eigenvalue weighted by atomic mass is 9.89. The minimum absolute atomic E-state index is 0.0216. The molecule has 0 saturated carbocycles. The van der Waals surface area contributed by atoms with Crippen LogP contribution in [0.3, 0.4) is 0 Å². The van der Waals surface area contributed by atoms with Gasteiger partial charge in [0, 0.05) is 12.6 Å². The molecular formula is C16H26N2O2S. The van der Waals surface area contributed by atoms with Crippen molar-refractivity contribution in [2.45, 2.75) is 65.5 Å². The van der Waals surface area contributed by atoms with Gasteiger partial charge in [-0.05, 0) is 32.6 Å². The Balaban J connectivity index is 1.96. The molecular weight excluding hydrogens is 284 g/mol. The molecule has 0 radical (unpaired) electrons. The molecule has 1 saturated heterocycles. The summed E-state index contributed by atoms with van der Waals surface area (Å²) in [7, 11) is 0. The van der Waals surface area contributed by atoms with E-state index in [9.17, 15) is 4.79 Å². The lowest BCUT2D eigenvalue weighted by Gasteiger charge is -2.34. The third-order valence-electron chi connectivity index (χ3n) is 4.33. The van der Waals surface area contributed by atoms with Crippen LogP contribution in [0.4, 0.5) is 0 Å². The van der Waals surface area contributed by atoms with Crippen molar-refractivity contribution in [3.8, 4) is 0 Å². The van der Waals surface area contributed by atoms with Crippen LogP contribution in [0.25, 0.3) is 0 Å². The molecule has 21 heavy (non-hydrogen) atoms. The number of hydrogen-bond donors (Lipinski definition) is 1. The van der Waals surface area contributed by atoms with E-state index in [0.717, 1.165) is 47.9 Å². The predicted octanol–water partition coefficient (Wildman–Crippen LogP) is 3.47. The smallest absolute Gasteiger partial charge is 0.263 e. The van der Waals surface area contributed by atoms with Gasteiger partial charge in [0.15, 0.2) is 0 Å². The van der Waals surface area contributed by atoms with Gasteiger partial charge in [-0.1, -0.05) is 26.7 Å². The molecule has 1 amide bonds. The maximum Gasteiger partial charge on any atom is 0.263 e. The highest BCUT2D eigenvalue weighted by molar-refractivity contribution is 7.13. The minimum Gasteiger partial charge on any atom is -0.378 e. The number of nitrogens with zero attached hydrogens (tertiary/aromatic N) is 1. The second-order valence-corrected chi connectivity index (χ2v) is 7.03. The fraction of sp³-hybridized carbons (Fsp3) is 0.750. The third kappa shape index (κ3) is 4.04. The number of nitrogens with one attached hydrogen (secondary N) is 1. The van der Waals surface area contributed by atoms with E-state index in [-0.39, 0.29) is 18.1 Å². The predicted molar refractivity (Wildman–Crippen MR) is 85.9 cm³/mol. The van der Waals surface area contributed by atoms with Gasteiger partial charge >= 0.3 is 0 Å². The number of carbonyl (C=O) groups excluding carboxylic acids is 1. The number of aryl methyl sites for hydroxylation is 2. The summed E-state index contributed by atoms with van der Waals surface area (Å²) in [5.41, 5.74) is 0.832. The Morgan fingerprint density at radius 2 is 2.14 bits per heavy atom. The second kappa shape index (κ2) is 7.36. The molecule has 0 aliphatic carbocycles. The van der Waals surface area contributed by atoms with Crippen LogP contribution in [-0.2, 0) is 4.74 Å². The molecule has 118 valence electrons. The number of hydrogen-bond acceptors (Lipinski definition) is 4. The number of aromatic nitrogens is 1. The molecule has 1 aromatic rings. The second-order valence-electron chi connectivity index (χ2n) is 5.83. The SMILES string of the molecule is CCC(CC)[C@@H]1C[C@H](NC(=O)c2sc(C)nc2C)CCO1. The molecule has 2 heterocycles. The van der Waals surface area contributed by atoms with Crippen molar-refractivity contribution in [3.05, 3.63) is 15.6 Å². The molecule has 1 aromatic heterocycles. The molecule has 1 N–H and O–H groups in total. The van der Waals surface area contributed by atoms with Crippen LogP contribution in [-0.4, -0.2) is 29.6 Å². The van der Waals surface area contributed by atoms with Crippen molar-refractivity contribution in [3.63, 3.8) is 0 Å². The molecule has 0 aromatic carbocycles. The van der Waals surface area contributed by atoms with Gasteiger partial charge in [-0.2, -0.15) is 0 Å². The summed E-state index contributed by atoms with van der Waals surface area (Å²) >= 11 is 1.47. The number of thiazole rings is 1. The van der Waals surface area contributed by atoms with Gasteiger partial charge in [0.1, 0.15) is 4.88 Å². The van der Waals surface area contributed by atoms with Crippen molar-refractivity contribution in [1.82, 2.24) is 10.3 Å². The van der Waals surface area contributed by atoms with E-state index in [4.69, 9.17) is 4.74 Å². The standard InChI is InChI=1S/C16H26N2O2S/c1-5-12(6-2)14-9-13(7-8-20-14)18-16(19)15-10(3)17-11(4)21-15/h12-14H,5-9H2,1-4H3,(H,18,19)/t13-,14+/m1/s1. The molecule has 2 atom stereocenters. The van der Waals surface area contributed by atoms with Crippen molar-refractivity contribution in [1.29, 1.82) is 0 Å². The Kier molecular flexibility index (Phi) is 5.76. The highest BCUT2D eigenvalue weighted by atomic mass is 32.1. The first-order valence-corrected chi connectivity index (χ1v) is 8.73. The first-order chi connectivity index (χ1) is 10.0. The van der Waals surface area contributed by atoms with Crippen LogP contribution in [0.1, 0.15) is 59.9 Å². The van der Waals surface area contributed by atoms with E-state index < -0.39 is 0 Å². The molecule has 1 aliphatic rings. The fourth-order valence-electron chi connectivity index (χ4n) is 3.09. The van der Waals surface area contributed by atoms with Gasteiger partial charge in [0.2, 0.25) is 0 Å². The summed E-state index contributed by atoms with van der Waals surface area (Å²) in [6, 6.07) is 0.221. The summed E-state index contributed by atoms with van der Waals surface area (Å²) in [4.78, 5) is 17.5. The zero-order chi connectivity index (χ0) is 15.4. The van der Waals surface area contributed by atoms with Gasteiger partial charge in [-0.3, -0.25) is 4.79 Å². The Bertz CT molecular complexity index is 483. The van der Waals surface area contributed by atoms with Crippen molar-refractivity contribution < 1.29 is 9.53 Å². The lowest BCUT2D eigenvalue weighted by molar-refractivity contribution is -0.0337. The van der Waals surface area contributed by atoms with Crippen LogP contribution in [0.15, 0.2) is 0 Å². The van der Waals surface area contributed by atoms with Crippen molar-refractivity contribution in [2.75, 3.05) is 6.61 Å². The van der Waals surface area contributed by atoms with Gasteiger partial charge in [-0.25, -0.2) is 4.98 Å². The Hall–Kier alpha value is -0.940. The molecule has 5 heteroatoms. The molecule has 4 nitrogen and oxygen atoms in total. The summed E-state index contributed by atoms with van der Waals surface area (Å²) in [5.74, 6) is 0.616. The van der Waals surface area contributed by atoms with Gasteiger partial charge in [0.05, 0.1) is 16.8 Å². The van der Waals surface area contributed by atoms with Gasteiger partial charge in [0.25, 0.3) is 5.91 Å². The zero-order valence-electron chi connectivity index (χ0n) is 13.4.